The van der Waals surface area contributed by atoms with Gasteiger partial charge in [-0.2, -0.15) is 0 Å². The van der Waals surface area contributed by atoms with Crippen molar-refractivity contribution in [3.8, 4) is 5.75 Å². The highest BCUT2D eigenvalue weighted by Crippen LogP contribution is 2.39. The van der Waals surface area contributed by atoms with E-state index >= 15 is 0 Å². The zero-order valence-electron chi connectivity index (χ0n) is 15.2. The Balaban J connectivity index is 1.58. The van der Waals surface area contributed by atoms with Crippen molar-refractivity contribution in [3.63, 3.8) is 0 Å². The Kier molecular flexibility index (Phi) is 5.14. The highest BCUT2D eigenvalue weighted by atomic mass is 16.5. The minimum Gasteiger partial charge on any atom is -0.497 e. The molecule has 1 aliphatic heterocycles. The van der Waals surface area contributed by atoms with Gasteiger partial charge in [0.1, 0.15) is 11.9 Å². The Morgan fingerprint density at radius 3 is 2.58 bits per heavy atom. The first-order valence-corrected chi connectivity index (χ1v) is 9.21. The molecule has 1 aromatic carbocycles. The van der Waals surface area contributed by atoms with Crippen LogP contribution in [0.1, 0.15) is 43.0 Å². The molecule has 0 bridgehead atoms. The van der Waals surface area contributed by atoms with Crippen LogP contribution in [0.3, 0.4) is 0 Å². The molecular weight excluding hydrogens is 302 g/mol. The van der Waals surface area contributed by atoms with E-state index in [-0.39, 0.29) is 12.1 Å². The molecule has 1 heterocycles. The molecule has 1 aliphatic carbocycles. The number of fused-ring (bicyclic) bond motifs is 1. The molecule has 2 aliphatic rings. The highest BCUT2D eigenvalue weighted by molar-refractivity contribution is 5.89. The van der Waals surface area contributed by atoms with Gasteiger partial charge in [-0.1, -0.05) is 0 Å². The standard InChI is InChI=1S/C20H30NO3/c1-4-21(2)12-11-15-5-10-19(13-17(15)14-21)24-20(22)16-6-8-18(23-3)9-7-16/h6-9,15,17,19H,4-5,10-14H2,1-3H3/q+1/t15-,17-,19+,21?/m0/s1. The largest absolute Gasteiger partial charge is 0.497 e. The van der Waals surface area contributed by atoms with Gasteiger partial charge in [-0.25, -0.2) is 4.79 Å². The molecule has 0 radical (unpaired) electrons. The van der Waals surface area contributed by atoms with Gasteiger partial charge < -0.3 is 14.0 Å². The third-order valence-electron chi connectivity index (χ3n) is 6.17. The summed E-state index contributed by atoms with van der Waals surface area (Å²) in [6.45, 7) is 6.01. The lowest BCUT2D eigenvalue weighted by atomic mass is 9.73. The summed E-state index contributed by atoms with van der Waals surface area (Å²) in [4.78, 5) is 12.4. The molecule has 0 N–H and O–H groups in total. The molecule has 0 amide bonds. The maximum atomic E-state index is 12.4. The first-order chi connectivity index (χ1) is 11.5. The van der Waals surface area contributed by atoms with Crippen molar-refractivity contribution < 1.29 is 18.8 Å². The highest BCUT2D eigenvalue weighted by Gasteiger charge is 2.41. The maximum absolute atomic E-state index is 12.4. The quantitative estimate of drug-likeness (QED) is 0.625. The van der Waals surface area contributed by atoms with Crippen molar-refractivity contribution >= 4 is 5.97 Å². The van der Waals surface area contributed by atoms with E-state index in [4.69, 9.17) is 9.47 Å². The smallest absolute Gasteiger partial charge is 0.338 e. The molecule has 3 rings (SSSR count). The summed E-state index contributed by atoms with van der Waals surface area (Å²) in [5.74, 6) is 2.08. The molecule has 2 fully saturated rings. The molecule has 24 heavy (non-hydrogen) atoms. The van der Waals surface area contributed by atoms with Crippen LogP contribution >= 0.6 is 0 Å². The van der Waals surface area contributed by atoms with Crippen LogP contribution in [0.4, 0.5) is 0 Å². The summed E-state index contributed by atoms with van der Waals surface area (Å²) in [7, 11) is 3.99. The fourth-order valence-electron chi connectivity index (χ4n) is 4.36. The molecule has 1 unspecified atom stereocenters. The van der Waals surface area contributed by atoms with Crippen LogP contribution in [0.15, 0.2) is 24.3 Å². The second kappa shape index (κ2) is 7.14. The minimum absolute atomic E-state index is 0.0734. The summed E-state index contributed by atoms with van der Waals surface area (Å²) in [6.07, 6.45) is 4.65. The number of likely N-dealkylation sites (tertiary alicyclic amines) is 1. The van der Waals surface area contributed by atoms with Gasteiger partial charge in [0.05, 0.1) is 39.4 Å². The zero-order chi connectivity index (χ0) is 17.2. The maximum Gasteiger partial charge on any atom is 0.338 e. The van der Waals surface area contributed by atoms with Crippen molar-refractivity contribution in [3.05, 3.63) is 29.8 Å². The van der Waals surface area contributed by atoms with Crippen LogP contribution in [0.2, 0.25) is 0 Å². The van der Waals surface area contributed by atoms with Gasteiger partial charge in [-0.15, -0.1) is 0 Å². The van der Waals surface area contributed by atoms with Crippen LogP contribution < -0.4 is 4.74 Å². The van der Waals surface area contributed by atoms with Gasteiger partial charge >= 0.3 is 5.97 Å². The number of carbonyl (C=O) groups is 1. The summed E-state index contributed by atoms with van der Waals surface area (Å²) >= 11 is 0. The second-order valence-corrected chi connectivity index (χ2v) is 7.72. The van der Waals surface area contributed by atoms with E-state index in [0.29, 0.717) is 11.5 Å². The predicted octanol–water partition coefficient (Wildman–Crippen LogP) is 3.51. The number of carbonyl (C=O) groups excluding carboxylic acids is 1. The number of esters is 1. The molecule has 4 heteroatoms. The van der Waals surface area contributed by atoms with E-state index in [1.165, 1.54) is 37.0 Å². The van der Waals surface area contributed by atoms with E-state index in [9.17, 15) is 4.79 Å². The van der Waals surface area contributed by atoms with E-state index in [1.807, 2.05) is 0 Å². The van der Waals surface area contributed by atoms with Gasteiger partial charge in [0.15, 0.2) is 0 Å². The van der Waals surface area contributed by atoms with Gasteiger partial charge in [-0.05, 0) is 62.8 Å². The van der Waals surface area contributed by atoms with Gasteiger partial charge in [0.25, 0.3) is 0 Å². The van der Waals surface area contributed by atoms with Crippen molar-refractivity contribution in [1.82, 2.24) is 0 Å². The first kappa shape index (κ1) is 17.3. The summed E-state index contributed by atoms with van der Waals surface area (Å²) < 4.78 is 12.1. The van der Waals surface area contributed by atoms with Gasteiger partial charge in [0, 0.05) is 5.92 Å². The van der Waals surface area contributed by atoms with E-state index in [0.717, 1.165) is 24.5 Å². The summed E-state index contributed by atoms with van der Waals surface area (Å²) in [5.41, 5.74) is 0.607. The molecule has 0 aromatic heterocycles. The van der Waals surface area contributed by atoms with Crippen LogP contribution in [-0.2, 0) is 4.74 Å². The minimum atomic E-state index is -0.204. The Morgan fingerprint density at radius 1 is 1.17 bits per heavy atom. The molecule has 132 valence electrons. The molecule has 1 aromatic rings. The average Bonchev–Trinajstić information content (AvgIpc) is 2.61. The molecule has 4 atom stereocenters. The fourth-order valence-corrected chi connectivity index (χ4v) is 4.36. The molecule has 1 saturated carbocycles. The Bertz CT molecular complexity index is 571. The lowest BCUT2D eigenvalue weighted by molar-refractivity contribution is -0.917. The summed E-state index contributed by atoms with van der Waals surface area (Å²) in [5, 5.41) is 0. The number of rotatable bonds is 4. The number of hydrogen-bond acceptors (Lipinski definition) is 3. The zero-order valence-corrected chi connectivity index (χ0v) is 15.2. The van der Waals surface area contributed by atoms with Crippen molar-refractivity contribution in [2.24, 2.45) is 11.8 Å². The third kappa shape index (κ3) is 3.75. The topological polar surface area (TPSA) is 35.5 Å². The average molecular weight is 332 g/mol. The van der Waals surface area contributed by atoms with Crippen molar-refractivity contribution in [1.29, 1.82) is 0 Å². The molecular formula is C20H30NO3+. The number of ether oxygens (including phenoxy) is 2. The Morgan fingerprint density at radius 2 is 1.92 bits per heavy atom. The lowest BCUT2D eigenvalue weighted by Crippen LogP contribution is -2.55. The first-order valence-electron chi connectivity index (χ1n) is 9.21. The number of piperidine rings is 1. The normalized spacial score (nSPS) is 32.7. The monoisotopic (exact) mass is 332 g/mol. The van der Waals surface area contributed by atoms with Crippen molar-refractivity contribution in [2.45, 2.75) is 38.7 Å². The number of methoxy groups -OCH3 is 1. The van der Waals surface area contributed by atoms with Crippen LogP contribution in [0, 0.1) is 11.8 Å². The lowest BCUT2D eigenvalue weighted by Gasteiger charge is -2.47. The summed E-state index contributed by atoms with van der Waals surface area (Å²) in [6, 6.07) is 7.16. The van der Waals surface area contributed by atoms with E-state index < -0.39 is 0 Å². The van der Waals surface area contributed by atoms with E-state index in [1.54, 1.807) is 31.4 Å². The third-order valence-corrected chi connectivity index (χ3v) is 6.17. The number of benzene rings is 1. The second-order valence-electron chi connectivity index (χ2n) is 7.72. The number of quaternary nitrogens is 1. The number of hydrogen-bond donors (Lipinski definition) is 0. The fraction of sp³-hybridized carbons (Fsp3) is 0.650. The van der Waals surface area contributed by atoms with E-state index in [2.05, 4.69) is 14.0 Å². The molecule has 1 saturated heterocycles. The van der Waals surface area contributed by atoms with Crippen LogP contribution in [0.25, 0.3) is 0 Å². The Labute approximate surface area is 145 Å². The SMILES string of the molecule is CC[N+]1(C)CC[C@@H]2CC[C@@H](OC(=O)c3ccc(OC)cc3)C[C@H]2C1. The predicted molar refractivity (Wildman–Crippen MR) is 94.1 cm³/mol. The molecule has 4 nitrogen and oxygen atoms in total. The van der Waals surface area contributed by atoms with Crippen LogP contribution in [0.5, 0.6) is 5.75 Å². The van der Waals surface area contributed by atoms with Gasteiger partial charge in [-0.3, -0.25) is 0 Å². The number of nitrogens with zero attached hydrogens (tertiary/aromatic N) is 1. The Hall–Kier alpha value is -1.55. The van der Waals surface area contributed by atoms with Gasteiger partial charge in [0.2, 0.25) is 0 Å². The van der Waals surface area contributed by atoms with Crippen LogP contribution in [-0.4, -0.2) is 50.3 Å². The molecule has 0 spiro atoms. The van der Waals surface area contributed by atoms with Crippen molar-refractivity contribution in [2.75, 3.05) is 33.8 Å².